The van der Waals surface area contributed by atoms with Gasteiger partial charge >= 0.3 is 12.1 Å². The van der Waals surface area contributed by atoms with Gasteiger partial charge in [0.25, 0.3) is 11.6 Å². The lowest BCUT2D eigenvalue weighted by Crippen LogP contribution is -2.44. The Hall–Kier alpha value is -3.43. The van der Waals surface area contributed by atoms with Gasteiger partial charge in [0, 0.05) is 18.2 Å². The number of fused-ring (bicyclic) bond motifs is 1. The van der Waals surface area contributed by atoms with Crippen LogP contribution in [0.4, 0.5) is 13.2 Å². The lowest BCUT2D eigenvalue weighted by atomic mass is 10.0. The maximum atomic E-state index is 13.5. The zero-order chi connectivity index (χ0) is 23.8. The van der Waals surface area contributed by atoms with E-state index in [4.69, 9.17) is 9.26 Å². The van der Waals surface area contributed by atoms with Crippen molar-refractivity contribution in [3.8, 4) is 11.3 Å². The molecule has 1 aliphatic heterocycles. The molecule has 1 unspecified atom stereocenters. The number of halogens is 3. The molecule has 1 aromatic carbocycles. The van der Waals surface area contributed by atoms with Crippen LogP contribution in [0.1, 0.15) is 47.8 Å². The van der Waals surface area contributed by atoms with Crippen molar-refractivity contribution < 1.29 is 32.0 Å². The van der Waals surface area contributed by atoms with Crippen molar-refractivity contribution in [1.29, 1.82) is 0 Å². The number of piperidine rings is 1. The van der Waals surface area contributed by atoms with Crippen LogP contribution in [0.5, 0.6) is 0 Å². The average molecular weight is 461 g/mol. The first kappa shape index (κ1) is 22.8. The number of benzene rings is 1. The third kappa shape index (κ3) is 4.55. The van der Waals surface area contributed by atoms with Crippen LogP contribution in [-0.2, 0) is 15.7 Å². The van der Waals surface area contributed by atoms with Gasteiger partial charge in [-0.05, 0) is 45.2 Å². The largest absolute Gasteiger partial charge is 0.452 e. The summed E-state index contributed by atoms with van der Waals surface area (Å²) in [5.74, 6) is -1.18. The average Bonchev–Trinajstić information content (AvgIpc) is 3.17. The molecule has 1 atom stereocenters. The molecular formula is C23H22F3N3O4. The molecule has 0 radical (unpaired) electrons. The zero-order valence-corrected chi connectivity index (χ0v) is 18.1. The van der Waals surface area contributed by atoms with Crippen LogP contribution in [0.3, 0.4) is 0 Å². The number of carbonyl (C=O) groups is 2. The molecule has 0 saturated carbocycles. The molecule has 3 aromatic rings. The molecule has 0 N–H and O–H groups in total. The highest BCUT2D eigenvalue weighted by atomic mass is 19.4. The number of carbonyl (C=O) groups excluding carboxylic acids is 2. The number of nitrogens with zero attached hydrogens (tertiary/aromatic N) is 3. The molecule has 2 aromatic heterocycles. The maximum Gasteiger partial charge on any atom is 0.417 e. The number of likely N-dealkylation sites (tertiary alicyclic amines) is 1. The number of rotatable bonds is 4. The van der Waals surface area contributed by atoms with Crippen molar-refractivity contribution in [2.75, 3.05) is 13.2 Å². The molecule has 0 aliphatic carbocycles. The predicted molar refractivity (Wildman–Crippen MR) is 112 cm³/mol. The molecule has 1 amide bonds. The van der Waals surface area contributed by atoms with Crippen molar-refractivity contribution in [3.63, 3.8) is 0 Å². The van der Waals surface area contributed by atoms with Gasteiger partial charge in [-0.3, -0.25) is 4.79 Å². The van der Waals surface area contributed by atoms with Crippen LogP contribution >= 0.6 is 0 Å². The first-order valence-electron chi connectivity index (χ1n) is 10.6. The highest BCUT2D eigenvalue weighted by Gasteiger charge is 2.34. The maximum absolute atomic E-state index is 13.5. The van der Waals surface area contributed by atoms with Crippen LogP contribution in [-0.4, -0.2) is 46.1 Å². The van der Waals surface area contributed by atoms with Crippen LogP contribution in [0.25, 0.3) is 22.4 Å². The Bertz CT molecular complexity index is 1210. The van der Waals surface area contributed by atoms with Crippen molar-refractivity contribution >= 4 is 23.0 Å². The summed E-state index contributed by atoms with van der Waals surface area (Å²) in [6.45, 7) is 3.65. The van der Waals surface area contributed by atoms with Gasteiger partial charge in [-0.2, -0.15) is 13.2 Å². The summed E-state index contributed by atoms with van der Waals surface area (Å²) in [5.41, 5.74) is -1.06. The van der Waals surface area contributed by atoms with E-state index >= 15 is 0 Å². The van der Waals surface area contributed by atoms with Gasteiger partial charge in [-0.15, -0.1) is 0 Å². The van der Waals surface area contributed by atoms with Gasteiger partial charge in [0.1, 0.15) is 0 Å². The molecule has 4 rings (SSSR count). The van der Waals surface area contributed by atoms with Crippen LogP contribution in [0.2, 0.25) is 0 Å². The fourth-order valence-corrected chi connectivity index (χ4v) is 4.10. The van der Waals surface area contributed by atoms with Crippen LogP contribution in [0, 0.1) is 6.92 Å². The van der Waals surface area contributed by atoms with Crippen molar-refractivity contribution in [3.05, 3.63) is 47.2 Å². The van der Waals surface area contributed by atoms with Crippen molar-refractivity contribution in [1.82, 2.24) is 15.0 Å². The van der Waals surface area contributed by atoms with Gasteiger partial charge in [0.2, 0.25) is 0 Å². The van der Waals surface area contributed by atoms with E-state index in [0.717, 1.165) is 25.3 Å². The molecule has 3 heterocycles. The zero-order valence-electron chi connectivity index (χ0n) is 18.1. The summed E-state index contributed by atoms with van der Waals surface area (Å²) in [6, 6.07) is 6.18. The van der Waals surface area contributed by atoms with Gasteiger partial charge in [0.05, 0.1) is 27.9 Å². The SMILES string of the molecule is Cc1noc2nc(-c3ccccc3C(F)(F)F)cc(C(=O)OCC(=O)N3CCCCC3C)c12. The van der Waals surface area contributed by atoms with Crippen molar-refractivity contribution in [2.24, 2.45) is 0 Å². The molecular weight excluding hydrogens is 439 g/mol. The third-order valence-electron chi connectivity index (χ3n) is 5.80. The number of amides is 1. The van der Waals surface area contributed by atoms with E-state index in [0.29, 0.717) is 12.2 Å². The molecule has 33 heavy (non-hydrogen) atoms. The fraction of sp³-hybridized carbons (Fsp3) is 0.391. The highest BCUT2D eigenvalue weighted by Crippen LogP contribution is 2.37. The van der Waals surface area contributed by atoms with E-state index in [2.05, 4.69) is 10.1 Å². The summed E-state index contributed by atoms with van der Waals surface area (Å²) >= 11 is 0. The predicted octanol–water partition coefficient (Wildman–Crippen LogP) is 4.77. The summed E-state index contributed by atoms with van der Waals surface area (Å²) in [5, 5.41) is 4.01. The number of hydrogen-bond acceptors (Lipinski definition) is 6. The standard InChI is InChI=1S/C23H22F3N3O4/c1-13-7-5-6-10-29(13)19(30)12-32-22(31)16-11-18(27-21-20(16)14(2)28-33-21)15-8-3-4-9-17(15)23(24,25)26/h3-4,8-9,11,13H,5-7,10,12H2,1-2H3. The van der Waals surface area contributed by atoms with Crippen molar-refractivity contribution in [2.45, 2.75) is 45.3 Å². The number of pyridine rings is 1. The van der Waals surface area contributed by atoms with Gasteiger partial charge < -0.3 is 14.2 Å². The van der Waals surface area contributed by atoms with E-state index in [1.54, 1.807) is 11.8 Å². The lowest BCUT2D eigenvalue weighted by Gasteiger charge is -2.33. The minimum absolute atomic E-state index is 0.0587. The van der Waals surface area contributed by atoms with E-state index in [1.165, 1.54) is 24.3 Å². The minimum Gasteiger partial charge on any atom is -0.452 e. The molecule has 1 saturated heterocycles. The first-order chi connectivity index (χ1) is 15.7. The monoisotopic (exact) mass is 461 g/mol. The van der Waals surface area contributed by atoms with Crippen LogP contribution in [0.15, 0.2) is 34.9 Å². The van der Waals surface area contributed by atoms with Gasteiger partial charge in [-0.25, -0.2) is 9.78 Å². The Kier molecular flexibility index (Phi) is 6.09. The highest BCUT2D eigenvalue weighted by molar-refractivity contribution is 6.05. The van der Waals surface area contributed by atoms with E-state index in [9.17, 15) is 22.8 Å². The second kappa shape index (κ2) is 8.84. The Morgan fingerprint density at radius 3 is 2.73 bits per heavy atom. The smallest absolute Gasteiger partial charge is 0.417 e. The number of alkyl halides is 3. The van der Waals surface area contributed by atoms with E-state index in [-0.39, 0.29) is 39.9 Å². The number of hydrogen-bond donors (Lipinski definition) is 0. The molecule has 1 aliphatic rings. The van der Waals surface area contributed by atoms with Gasteiger partial charge in [0.15, 0.2) is 6.61 Å². The molecule has 0 spiro atoms. The Morgan fingerprint density at radius 1 is 1.24 bits per heavy atom. The Balaban J connectivity index is 1.67. The molecule has 7 nitrogen and oxygen atoms in total. The lowest BCUT2D eigenvalue weighted by molar-refractivity contribution is -0.138. The van der Waals surface area contributed by atoms with E-state index < -0.39 is 24.3 Å². The first-order valence-corrected chi connectivity index (χ1v) is 10.6. The number of aromatic nitrogens is 2. The molecule has 174 valence electrons. The second-order valence-electron chi connectivity index (χ2n) is 8.05. The number of aryl methyl sites for hydroxylation is 1. The van der Waals surface area contributed by atoms with E-state index in [1.807, 2.05) is 6.92 Å². The Morgan fingerprint density at radius 2 is 2.00 bits per heavy atom. The summed E-state index contributed by atoms with van der Waals surface area (Å²) < 4.78 is 51.0. The number of esters is 1. The fourth-order valence-electron chi connectivity index (χ4n) is 4.10. The summed E-state index contributed by atoms with van der Waals surface area (Å²) in [4.78, 5) is 31.3. The van der Waals surface area contributed by atoms with Gasteiger partial charge in [-0.1, -0.05) is 23.4 Å². The minimum atomic E-state index is -4.62. The van der Waals surface area contributed by atoms with Crippen LogP contribution < -0.4 is 0 Å². The second-order valence-corrected chi connectivity index (χ2v) is 8.05. The molecule has 10 heteroatoms. The Labute approximate surface area is 187 Å². The topological polar surface area (TPSA) is 85.5 Å². The summed E-state index contributed by atoms with van der Waals surface area (Å²) in [7, 11) is 0. The third-order valence-corrected chi connectivity index (χ3v) is 5.80. The normalized spacial score (nSPS) is 16.8. The molecule has 0 bridgehead atoms. The summed E-state index contributed by atoms with van der Waals surface area (Å²) in [6.07, 6.45) is -1.82. The molecule has 1 fully saturated rings. The quantitative estimate of drug-likeness (QED) is 0.520. The number of ether oxygens (including phenoxy) is 1.